The normalized spacial score (nSPS) is 20.9. The largest absolute Gasteiger partial charge is 0.395 e. The number of amides is 2. The van der Waals surface area contributed by atoms with Gasteiger partial charge >= 0.3 is 0 Å². The summed E-state index contributed by atoms with van der Waals surface area (Å²) in [6.07, 6.45) is 9.82. The number of dihydropyridines is 1. The monoisotopic (exact) mass is 508 g/mol. The van der Waals surface area contributed by atoms with Crippen molar-refractivity contribution in [1.82, 2.24) is 29.2 Å². The highest BCUT2D eigenvalue weighted by atomic mass is 16.3. The molecule has 11 heteroatoms. The molecule has 2 N–H and O–H groups in total. The Morgan fingerprint density at radius 2 is 1.92 bits per heavy atom. The molecule has 1 saturated carbocycles. The second kappa shape index (κ2) is 11.0. The third-order valence-corrected chi connectivity index (χ3v) is 7.49. The van der Waals surface area contributed by atoms with Crippen LogP contribution in [0.2, 0.25) is 0 Å². The molecule has 1 aliphatic carbocycles. The number of carbonyl (C=O) groups is 2. The topological polar surface area (TPSA) is 119 Å². The molecule has 0 radical (unpaired) electrons. The van der Waals surface area contributed by atoms with Crippen LogP contribution in [0.3, 0.4) is 0 Å². The van der Waals surface area contributed by atoms with E-state index in [1.165, 1.54) is 0 Å². The van der Waals surface area contributed by atoms with Gasteiger partial charge in [0.2, 0.25) is 11.9 Å². The van der Waals surface area contributed by atoms with Gasteiger partial charge in [-0.15, -0.1) is 0 Å². The lowest BCUT2D eigenvalue weighted by Crippen LogP contribution is -2.51. The molecule has 1 saturated heterocycles. The van der Waals surface area contributed by atoms with Crippen LogP contribution in [0.15, 0.2) is 29.4 Å². The van der Waals surface area contributed by atoms with E-state index in [9.17, 15) is 9.59 Å². The summed E-state index contributed by atoms with van der Waals surface area (Å²) in [5, 5.41) is 13.1. The summed E-state index contributed by atoms with van der Waals surface area (Å²) in [5.41, 5.74) is 1.40. The van der Waals surface area contributed by atoms with Gasteiger partial charge < -0.3 is 24.8 Å². The Kier molecular flexibility index (Phi) is 7.52. The maximum atomic E-state index is 13.0. The lowest BCUT2D eigenvalue weighted by Gasteiger charge is -2.35. The maximum absolute atomic E-state index is 13.0. The SMILES string of the molecule is CN(C)C(=O)c1cc2cnc(NC3=NCC(C(=O)N4CCN(CCO)CC4)C=C3)nc2n1C1CCCC1. The molecule has 0 aromatic carbocycles. The fraction of sp³-hybridized carbons (Fsp3) is 0.577. The fourth-order valence-electron chi connectivity index (χ4n) is 5.44. The summed E-state index contributed by atoms with van der Waals surface area (Å²) in [7, 11) is 3.53. The van der Waals surface area contributed by atoms with Gasteiger partial charge in [0.25, 0.3) is 5.91 Å². The highest BCUT2D eigenvalue weighted by molar-refractivity contribution is 6.04. The van der Waals surface area contributed by atoms with Gasteiger partial charge in [0.1, 0.15) is 17.2 Å². The highest BCUT2D eigenvalue weighted by Crippen LogP contribution is 2.34. The van der Waals surface area contributed by atoms with Gasteiger partial charge in [-0.2, -0.15) is 4.98 Å². The number of anilines is 1. The lowest BCUT2D eigenvalue weighted by molar-refractivity contribution is -0.135. The van der Waals surface area contributed by atoms with Crippen molar-refractivity contribution in [3.8, 4) is 0 Å². The van der Waals surface area contributed by atoms with Gasteiger partial charge in [0, 0.05) is 64.4 Å². The minimum absolute atomic E-state index is 0.0375. The molecule has 1 atom stereocenters. The van der Waals surface area contributed by atoms with Crippen LogP contribution in [0.1, 0.15) is 42.2 Å². The van der Waals surface area contributed by atoms with Gasteiger partial charge in [-0.25, -0.2) is 4.98 Å². The number of piperazine rings is 1. The van der Waals surface area contributed by atoms with E-state index in [4.69, 9.17) is 10.1 Å². The maximum Gasteiger partial charge on any atom is 0.270 e. The van der Waals surface area contributed by atoms with Crippen LogP contribution in [-0.2, 0) is 4.79 Å². The molecule has 3 aliphatic rings. The number of aliphatic imine (C=N–C) groups is 1. The van der Waals surface area contributed by atoms with Crippen molar-refractivity contribution in [2.45, 2.75) is 31.7 Å². The second-order valence-corrected chi connectivity index (χ2v) is 10.2. The minimum atomic E-state index is -0.280. The molecule has 2 aromatic heterocycles. The Balaban J connectivity index is 1.28. The Hall–Kier alpha value is -3.31. The summed E-state index contributed by atoms with van der Waals surface area (Å²) in [4.78, 5) is 45.3. The second-order valence-electron chi connectivity index (χ2n) is 10.2. The van der Waals surface area contributed by atoms with Crippen molar-refractivity contribution in [3.63, 3.8) is 0 Å². The van der Waals surface area contributed by atoms with Crippen LogP contribution in [0.5, 0.6) is 0 Å². The number of aliphatic hydroxyl groups excluding tert-OH is 1. The van der Waals surface area contributed by atoms with Crippen molar-refractivity contribution in [3.05, 3.63) is 30.1 Å². The molecule has 2 fully saturated rings. The molecule has 5 rings (SSSR count). The first-order chi connectivity index (χ1) is 17.9. The summed E-state index contributed by atoms with van der Waals surface area (Å²) < 4.78 is 2.09. The minimum Gasteiger partial charge on any atom is -0.395 e. The fourth-order valence-corrected chi connectivity index (χ4v) is 5.44. The number of nitrogens with zero attached hydrogens (tertiary/aromatic N) is 7. The van der Waals surface area contributed by atoms with E-state index in [1.807, 2.05) is 23.1 Å². The number of carbonyl (C=O) groups excluding carboxylic acids is 2. The third kappa shape index (κ3) is 5.37. The van der Waals surface area contributed by atoms with E-state index in [0.29, 0.717) is 43.7 Å². The predicted octanol–water partition coefficient (Wildman–Crippen LogP) is 1.38. The molecule has 198 valence electrons. The number of β-amino-alcohol motifs (C(OH)–C–C–N with tert-alkyl or cyclic N) is 1. The number of aromatic nitrogens is 3. The van der Waals surface area contributed by atoms with Gasteiger partial charge in [-0.3, -0.25) is 19.5 Å². The summed E-state index contributed by atoms with van der Waals surface area (Å²) in [5.74, 6) is 0.802. The number of hydrogen-bond acceptors (Lipinski definition) is 8. The smallest absolute Gasteiger partial charge is 0.270 e. The number of aliphatic hydroxyl groups is 1. The van der Waals surface area contributed by atoms with Crippen molar-refractivity contribution < 1.29 is 14.7 Å². The van der Waals surface area contributed by atoms with Crippen molar-refractivity contribution in [2.75, 3.05) is 65.3 Å². The average Bonchev–Trinajstić information content (AvgIpc) is 3.56. The Morgan fingerprint density at radius 1 is 1.16 bits per heavy atom. The molecule has 2 aliphatic heterocycles. The van der Waals surface area contributed by atoms with E-state index >= 15 is 0 Å². The van der Waals surface area contributed by atoms with Gasteiger partial charge in [0.15, 0.2) is 0 Å². The first kappa shape index (κ1) is 25.3. The van der Waals surface area contributed by atoms with Crippen molar-refractivity contribution in [1.29, 1.82) is 0 Å². The van der Waals surface area contributed by atoms with Crippen LogP contribution >= 0.6 is 0 Å². The van der Waals surface area contributed by atoms with Crippen molar-refractivity contribution in [2.24, 2.45) is 10.9 Å². The zero-order valence-corrected chi connectivity index (χ0v) is 21.6. The summed E-state index contributed by atoms with van der Waals surface area (Å²) >= 11 is 0. The molecule has 0 bridgehead atoms. The molecule has 2 amide bonds. The van der Waals surface area contributed by atoms with E-state index in [2.05, 4.69) is 24.8 Å². The Morgan fingerprint density at radius 3 is 2.57 bits per heavy atom. The zero-order valence-electron chi connectivity index (χ0n) is 21.6. The first-order valence-electron chi connectivity index (χ1n) is 13.2. The number of hydrogen-bond donors (Lipinski definition) is 2. The summed E-state index contributed by atoms with van der Waals surface area (Å²) in [6, 6.07) is 2.14. The number of amidine groups is 1. The highest BCUT2D eigenvalue weighted by Gasteiger charge is 2.28. The first-order valence-corrected chi connectivity index (χ1v) is 13.2. The number of rotatable bonds is 6. The lowest BCUT2D eigenvalue weighted by atomic mass is 10.0. The molecule has 11 nitrogen and oxygen atoms in total. The Labute approximate surface area is 216 Å². The van der Waals surface area contributed by atoms with E-state index in [0.717, 1.165) is 49.8 Å². The molecule has 2 aromatic rings. The molecule has 37 heavy (non-hydrogen) atoms. The van der Waals surface area contributed by atoms with Crippen LogP contribution < -0.4 is 5.32 Å². The van der Waals surface area contributed by atoms with E-state index in [1.54, 1.807) is 25.2 Å². The van der Waals surface area contributed by atoms with Gasteiger partial charge in [-0.1, -0.05) is 18.9 Å². The van der Waals surface area contributed by atoms with Crippen LogP contribution in [0.25, 0.3) is 11.0 Å². The third-order valence-electron chi connectivity index (χ3n) is 7.49. The van der Waals surface area contributed by atoms with E-state index < -0.39 is 0 Å². The van der Waals surface area contributed by atoms with Gasteiger partial charge in [-0.05, 0) is 25.0 Å². The molecular formula is C26H36N8O3. The average molecular weight is 509 g/mol. The molecular weight excluding hydrogens is 472 g/mol. The van der Waals surface area contributed by atoms with Crippen LogP contribution in [0, 0.1) is 5.92 Å². The van der Waals surface area contributed by atoms with E-state index in [-0.39, 0.29) is 30.4 Å². The molecule has 4 heterocycles. The predicted molar refractivity (Wildman–Crippen MR) is 142 cm³/mol. The molecule has 1 unspecified atom stereocenters. The van der Waals surface area contributed by atoms with Crippen LogP contribution in [-0.4, -0.2) is 112 Å². The van der Waals surface area contributed by atoms with Gasteiger partial charge in [0.05, 0.1) is 19.1 Å². The Bertz CT molecular complexity index is 1210. The number of nitrogens with one attached hydrogen (secondary N) is 1. The van der Waals surface area contributed by atoms with Crippen molar-refractivity contribution >= 4 is 34.6 Å². The zero-order chi connectivity index (χ0) is 25.9. The van der Waals surface area contributed by atoms with Crippen LogP contribution in [0.4, 0.5) is 5.95 Å². The summed E-state index contributed by atoms with van der Waals surface area (Å²) in [6.45, 7) is 4.07. The standard InChI is InChI=1S/C26H36N8O3/c1-31(2)25(37)21-15-19-17-28-26(30-23(19)34(21)20-5-3-4-6-20)29-22-8-7-18(16-27-22)24(36)33-11-9-32(10-12-33)13-14-35/h7-8,15,17-18,20,35H,3-6,9-14,16H2,1-2H3,(H,27,28,29,30). The number of fused-ring (bicyclic) bond motifs is 1. The molecule has 0 spiro atoms. The quantitative estimate of drug-likeness (QED) is 0.605.